The van der Waals surface area contributed by atoms with Gasteiger partial charge in [0.1, 0.15) is 0 Å². The van der Waals surface area contributed by atoms with Crippen LogP contribution in [0.25, 0.3) is 10.9 Å². The van der Waals surface area contributed by atoms with Gasteiger partial charge in [-0.1, -0.05) is 76.7 Å². The van der Waals surface area contributed by atoms with E-state index in [0.717, 1.165) is 30.6 Å². The highest BCUT2D eigenvalue weighted by atomic mass is 35.5. The van der Waals surface area contributed by atoms with Crippen LogP contribution in [0.15, 0.2) is 60.7 Å². The van der Waals surface area contributed by atoms with Crippen LogP contribution in [-0.2, 0) is 19.5 Å². The minimum absolute atomic E-state index is 0. The fourth-order valence-electron chi connectivity index (χ4n) is 3.91. The maximum absolute atomic E-state index is 6.44. The molecule has 32 heavy (non-hydrogen) atoms. The number of rotatable bonds is 7. The standard InChI is InChI=1S/C25H22Cl4N2.ClH/c1-16-22(14-30-11-10-17-6-8-19(26)12-23(17)28)21-4-2-3-5-25(21)31(16)15-18-7-9-20(27)13-24(18)29;/h2-9,12-13,30H,10-11,14-15H2,1H3;1H. The summed E-state index contributed by atoms with van der Waals surface area (Å²) in [5.41, 5.74) is 5.86. The molecule has 1 heterocycles. The number of halogens is 5. The second-order valence-corrected chi connectivity index (χ2v) is 9.25. The van der Waals surface area contributed by atoms with Crippen molar-refractivity contribution < 1.29 is 0 Å². The van der Waals surface area contributed by atoms with Gasteiger partial charge in [-0.25, -0.2) is 0 Å². The number of hydrogen-bond acceptors (Lipinski definition) is 1. The van der Waals surface area contributed by atoms with E-state index in [1.165, 1.54) is 22.2 Å². The molecule has 0 aliphatic carbocycles. The first-order chi connectivity index (χ1) is 14.9. The van der Waals surface area contributed by atoms with E-state index in [1.807, 2.05) is 24.3 Å². The van der Waals surface area contributed by atoms with Crippen LogP contribution in [0.3, 0.4) is 0 Å². The fraction of sp³-hybridized carbons (Fsp3) is 0.200. The van der Waals surface area contributed by atoms with E-state index in [0.29, 0.717) is 26.6 Å². The number of aromatic nitrogens is 1. The van der Waals surface area contributed by atoms with Crippen LogP contribution in [0.1, 0.15) is 22.4 Å². The Labute approximate surface area is 214 Å². The summed E-state index contributed by atoms with van der Waals surface area (Å²) in [5.74, 6) is 0. The smallest absolute Gasteiger partial charge is 0.0493 e. The van der Waals surface area contributed by atoms with Gasteiger partial charge in [0.05, 0.1) is 0 Å². The van der Waals surface area contributed by atoms with Crippen LogP contribution in [0.2, 0.25) is 20.1 Å². The molecule has 168 valence electrons. The molecule has 0 bridgehead atoms. The van der Waals surface area contributed by atoms with Gasteiger partial charge >= 0.3 is 0 Å². The summed E-state index contributed by atoms with van der Waals surface area (Å²) in [4.78, 5) is 0. The molecule has 0 spiro atoms. The summed E-state index contributed by atoms with van der Waals surface area (Å²) in [6, 6.07) is 19.8. The Kier molecular flexibility index (Phi) is 8.80. The number of benzene rings is 3. The highest BCUT2D eigenvalue weighted by Gasteiger charge is 2.15. The molecule has 4 rings (SSSR count). The molecule has 7 heteroatoms. The first-order valence-corrected chi connectivity index (χ1v) is 11.6. The predicted octanol–water partition coefficient (Wildman–Crippen LogP) is 8.37. The van der Waals surface area contributed by atoms with Gasteiger partial charge in [0, 0.05) is 49.8 Å². The number of fused-ring (bicyclic) bond motifs is 1. The average molecular weight is 529 g/mol. The van der Waals surface area contributed by atoms with Gasteiger partial charge in [-0.2, -0.15) is 0 Å². The Hall–Kier alpha value is -1.39. The number of para-hydroxylation sites is 1. The Morgan fingerprint density at radius 1 is 0.812 bits per heavy atom. The molecule has 2 nitrogen and oxygen atoms in total. The third-order valence-corrected chi connectivity index (χ3v) is 6.77. The summed E-state index contributed by atoms with van der Waals surface area (Å²) < 4.78 is 2.32. The van der Waals surface area contributed by atoms with E-state index in [-0.39, 0.29) is 12.4 Å². The van der Waals surface area contributed by atoms with Crippen molar-refractivity contribution in [1.82, 2.24) is 9.88 Å². The maximum atomic E-state index is 6.44. The monoisotopic (exact) mass is 526 g/mol. The summed E-state index contributed by atoms with van der Waals surface area (Å²) in [6.45, 7) is 4.46. The van der Waals surface area contributed by atoms with Crippen molar-refractivity contribution in [2.24, 2.45) is 0 Å². The van der Waals surface area contributed by atoms with Crippen molar-refractivity contribution in [3.05, 3.63) is 103 Å². The Bertz CT molecular complexity index is 1230. The topological polar surface area (TPSA) is 17.0 Å². The normalized spacial score (nSPS) is 11.0. The highest BCUT2D eigenvalue weighted by Crippen LogP contribution is 2.29. The number of nitrogens with one attached hydrogen (secondary N) is 1. The van der Waals surface area contributed by atoms with E-state index >= 15 is 0 Å². The fourth-order valence-corrected chi connectivity index (χ4v) is 4.88. The lowest BCUT2D eigenvalue weighted by Crippen LogP contribution is -2.17. The molecular formula is C25H23Cl5N2. The lowest BCUT2D eigenvalue weighted by atomic mass is 10.1. The van der Waals surface area contributed by atoms with Crippen LogP contribution in [-0.4, -0.2) is 11.1 Å². The van der Waals surface area contributed by atoms with Gasteiger partial charge in [-0.3, -0.25) is 0 Å². The first kappa shape index (κ1) is 25.2. The molecule has 0 unspecified atom stereocenters. The van der Waals surface area contributed by atoms with Crippen molar-refractivity contribution in [2.75, 3.05) is 6.54 Å². The van der Waals surface area contributed by atoms with E-state index in [2.05, 4.69) is 41.1 Å². The zero-order valence-corrected chi connectivity index (χ0v) is 21.3. The van der Waals surface area contributed by atoms with Crippen LogP contribution >= 0.6 is 58.8 Å². The largest absolute Gasteiger partial charge is 0.340 e. The van der Waals surface area contributed by atoms with Crippen molar-refractivity contribution in [3.63, 3.8) is 0 Å². The average Bonchev–Trinajstić information content (AvgIpc) is 3.00. The third-order valence-electron chi connectivity index (χ3n) is 5.59. The van der Waals surface area contributed by atoms with Crippen LogP contribution < -0.4 is 5.32 Å². The van der Waals surface area contributed by atoms with Gasteiger partial charge < -0.3 is 9.88 Å². The van der Waals surface area contributed by atoms with Crippen LogP contribution in [0, 0.1) is 6.92 Å². The lowest BCUT2D eigenvalue weighted by Gasteiger charge is -2.11. The van der Waals surface area contributed by atoms with E-state index in [9.17, 15) is 0 Å². The number of nitrogens with zero attached hydrogens (tertiary/aromatic N) is 1. The molecule has 0 aliphatic rings. The molecule has 1 aromatic heterocycles. The van der Waals surface area contributed by atoms with Gasteiger partial charge in [0.15, 0.2) is 0 Å². The summed E-state index contributed by atoms with van der Waals surface area (Å²) in [6.07, 6.45) is 0.841. The quantitative estimate of drug-likeness (QED) is 0.239. The van der Waals surface area contributed by atoms with Gasteiger partial charge in [0.25, 0.3) is 0 Å². The molecule has 0 fully saturated rings. The molecule has 0 aliphatic heterocycles. The summed E-state index contributed by atoms with van der Waals surface area (Å²) in [5, 5.41) is 7.52. The number of hydrogen-bond donors (Lipinski definition) is 1. The molecule has 0 radical (unpaired) electrons. The highest BCUT2D eigenvalue weighted by molar-refractivity contribution is 6.35. The van der Waals surface area contributed by atoms with E-state index in [4.69, 9.17) is 46.4 Å². The molecule has 1 N–H and O–H groups in total. The van der Waals surface area contributed by atoms with Crippen LogP contribution in [0.5, 0.6) is 0 Å². The molecule has 3 aromatic carbocycles. The van der Waals surface area contributed by atoms with E-state index < -0.39 is 0 Å². The van der Waals surface area contributed by atoms with E-state index in [1.54, 1.807) is 12.1 Å². The molecule has 0 saturated carbocycles. The first-order valence-electron chi connectivity index (χ1n) is 10.1. The van der Waals surface area contributed by atoms with Crippen molar-refractivity contribution in [3.8, 4) is 0 Å². The lowest BCUT2D eigenvalue weighted by molar-refractivity contribution is 0.681. The summed E-state index contributed by atoms with van der Waals surface area (Å²) in [7, 11) is 0. The molecule has 0 saturated heterocycles. The van der Waals surface area contributed by atoms with Gasteiger partial charge in [0.2, 0.25) is 0 Å². The van der Waals surface area contributed by atoms with Crippen LogP contribution in [0.4, 0.5) is 0 Å². The molecule has 4 aromatic rings. The van der Waals surface area contributed by atoms with Crippen molar-refractivity contribution >= 4 is 69.7 Å². The zero-order valence-electron chi connectivity index (χ0n) is 17.5. The van der Waals surface area contributed by atoms with Gasteiger partial charge in [-0.15, -0.1) is 12.4 Å². The maximum Gasteiger partial charge on any atom is 0.0493 e. The van der Waals surface area contributed by atoms with Crippen molar-refractivity contribution in [1.29, 1.82) is 0 Å². The zero-order chi connectivity index (χ0) is 22.0. The minimum Gasteiger partial charge on any atom is -0.340 e. The summed E-state index contributed by atoms with van der Waals surface area (Å²) >= 11 is 24.8. The second kappa shape index (κ2) is 11.2. The Balaban J connectivity index is 0.00000289. The molecular weight excluding hydrogens is 506 g/mol. The third kappa shape index (κ3) is 5.56. The van der Waals surface area contributed by atoms with Crippen molar-refractivity contribution in [2.45, 2.75) is 26.4 Å². The Morgan fingerprint density at radius 3 is 2.09 bits per heavy atom. The molecule has 0 amide bonds. The Morgan fingerprint density at radius 2 is 1.44 bits per heavy atom. The van der Waals surface area contributed by atoms with Gasteiger partial charge in [-0.05, 0) is 66.9 Å². The predicted molar refractivity (Wildman–Crippen MR) is 141 cm³/mol. The SMILES string of the molecule is Cc1c(CNCCc2ccc(Cl)cc2Cl)c2ccccc2n1Cc1ccc(Cl)cc1Cl.Cl. The molecule has 0 atom stereocenters. The second-order valence-electron chi connectivity index (χ2n) is 7.57. The minimum atomic E-state index is 0.